The summed E-state index contributed by atoms with van der Waals surface area (Å²) in [6.07, 6.45) is 2.03. The number of halogens is 1. The molecule has 0 aliphatic rings. The van der Waals surface area contributed by atoms with Crippen LogP contribution < -0.4 is 9.46 Å². The van der Waals surface area contributed by atoms with E-state index in [1.165, 1.54) is 0 Å². The van der Waals surface area contributed by atoms with Crippen LogP contribution in [0.2, 0.25) is 0 Å². The van der Waals surface area contributed by atoms with Crippen LogP contribution >= 0.6 is 15.9 Å². The van der Waals surface area contributed by atoms with Crippen molar-refractivity contribution in [1.29, 1.82) is 0 Å². The van der Waals surface area contributed by atoms with Crippen LogP contribution in [-0.4, -0.2) is 15.0 Å². The van der Waals surface area contributed by atoms with Crippen molar-refractivity contribution in [2.45, 2.75) is 31.6 Å². The summed E-state index contributed by atoms with van der Waals surface area (Å²) >= 11 is 3.40. The van der Waals surface area contributed by atoms with Crippen molar-refractivity contribution >= 4 is 31.6 Å². The third-order valence-electron chi connectivity index (χ3n) is 3.32. The molecule has 2 rings (SSSR count). The highest BCUT2D eigenvalue weighted by Gasteiger charge is 2.14. The van der Waals surface area contributed by atoms with Crippen molar-refractivity contribution in [3.05, 3.63) is 52.5 Å². The van der Waals surface area contributed by atoms with E-state index >= 15 is 0 Å². The van der Waals surface area contributed by atoms with E-state index in [1.807, 2.05) is 13.0 Å². The summed E-state index contributed by atoms with van der Waals surface area (Å²) in [5.74, 6) is 0.676. The number of aryl methyl sites for hydroxylation is 1. The van der Waals surface area contributed by atoms with Gasteiger partial charge in [-0.3, -0.25) is 4.72 Å². The van der Waals surface area contributed by atoms with Gasteiger partial charge in [0.2, 0.25) is 0 Å². The molecule has 124 valence electrons. The van der Waals surface area contributed by atoms with Crippen molar-refractivity contribution in [3.8, 4) is 5.75 Å². The van der Waals surface area contributed by atoms with Crippen LogP contribution in [0, 0.1) is 6.92 Å². The van der Waals surface area contributed by atoms with Gasteiger partial charge in [-0.15, -0.1) is 0 Å². The monoisotopic (exact) mass is 397 g/mol. The molecule has 1 N–H and O–H groups in total. The minimum absolute atomic E-state index is 0.206. The lowest BCUT2D eigenvalue weighted by Crippen LogP contribution is -2.13. The molecule has 0 saturated heterocycles. The zero-order valence-electron chi connectivity index (χ0n) is 13.2. The second-order valence-electron chi connectivity index (χ2n) is 5.24. The predicted molar refractivity (Wildman–Crippen MR) is 96.5 cm³/mol. The number of sulfonamides is 1. The summed E-state index contributed by atoms with van der Waals surface area (Å²) in [6, 6.07) is 11.8. The molecule has 0 bridgehead atoms. The molecule has 0 aliphatic carbocycles. The largest absolute Gasteiger partial charge is 0.494 e. The molecule has 0 spiro atoms. The first-order chi connectivity index (χ1) is 10.9. The molecule has 0 heterocycles. The van der Waals surface area contributed by atoms with E-state index in [4.69, 9.17) is 4.74 Å². The van der Waals surface area contributed by atoms with Crippen LogP contribution in [-0.2, 0) is 10.0 Å². The molecule has 4 nitrogen and oxygen atoms in total. The Morgan fingerprint density at radius 1 is 1.13 bits per heavy atom. The lowest BCUT2D eigenvalue weighted by molar-refractivity contribution is 0.309. The molecule has 0 amide bonds. The molecule has 0 saturated carbocycles. The molecule has 2 aromatic carbocycles. The highest BCUT2D eigenvalue weighted by atomic mass is 79.9. The zero-order valence-corrected chi connectivity index (χ0v) is 15.6. The van der Waals surface area contributed by atoms with Crippen LogP contribution in [0.4, 0.5) is 5.69 Å². The van der Waals surface area contributed by atoms with Gasteiger partial charge in [0.15, 0.2) is 0 Å². The van der Waals surface area contributed by atoms with Gasteiger partial charge in [-0.05, 0) is 55.3 Å². The van der Waals surface area contributed by atoms with Gasteiger partial charge in [-0.25, -0.2) is 8.42 Å². The van der Waals surface area contributed by atoms with Crippen LogP contribution in [0.25, 0.3) is 0 Å². The predicted octanol–water partition coefficient (Wildman–Crippen LogP) is 4.74. The highest BCUT2D eigenvalue weighted by Crippen LogP contribution is 2.24. The van der Waals surface area contributed by atoms with Gasteiger partial charge >= 0.3 is 0 Å². The van der Waals surface area contributed by atoms with Crippen molar-refractivity contribution in [1.82, 2.24) is 0 Å². The van der Waals surface area contributed by atoms with E-state index in [0.717, 1.165) is 22.9 Å². The minimum Gasteiger partial charge on any atom is -0.494 e. The normalized spacial score (nSPS) is 11.3. The van der Waals surface area contributed by atoms with Crippen LogP contribution in [0.1, 0.15) is 25.3 Å². The van der Waals surface area contributed by atoms with E-state index in [9.17, 15) is 8.42 Å². The summed E-state index contributed by atoms with van der Waals surface area (Å²) < 4.78 is 33.8. The molecule has 23 heavy (non-hydrogen) atoms. The maximum Gasteiger partial charge on any atom is 0.261 e. The number of rotatable bonds is 7. The highest BCUT2D eigenvalue weighted by molar-refractivity contribution is 9.10. The van der Waals surface area contributed by atoms with E-state index in [-0.39, 0.29) is 4.90 Å². The first kappa shape index (κ1) is 17.8. The number of nitrogens with one attached hydrogen (secondary N) is 1. The Bertz CT molecular complexity index is 758. The van der Waals surface area contributed by atoms with E-state index in [0.29, 0.717) is 18.0 Å². The standard InChI is InChI=1S/C17H20BrNO3S/c1-3-4-11-22-15-7-9-16(10-8-15)23(20,21)19-14-6-5-13(2)17(18)12-14/h5-10,12,19H,3-4,11H2,1-2H3. The van der Waals surface area contributed by atoms with E-state index in [1.54, 1.807) is 36.4 Å². The summed E-state index contributed by atoms with van der Waals surface area (Å²) in [5.41, 5.74) is 1.56. The van der Waals surface area contributed by atoms with Crippen LogP contribution in [0.5, 0.6) is 5.75 Å². The van der Waals surface area contributed by atoms with Crippen molar-refractivity contribution < 1.29 is 13.2 Å². The smallest absolute Gasteiger partial charge is 0.261 e. The topological polar surface area (TPSA) is 55.4 Å². The maximum absolute atomic E-state index is 12.4. The zero-order chi connectivity index (χ0) is 16.9. The third kappa shape index (κ3) is 4.97. The second-order valence-corrected chi connectivity index (χ2v) is 7.78. The quantitative estimate of drug-likeness (QED) is 0.686. The first-order valence-electron chi connectivity index (χ1n) is 7.44. The van der Waals surface area contributed by atoms with Gasteiger partial charge in [-0.1, -0.05) is 35.3 Å². The lowest BCUT2D eigenvalue weighted by atomic mass is 10.2. The van der Waals surface area contributed by atoms with Gasteiger partial charge in [0, 0.05) is 10.2 Å². The Morgan fingerprint density at radius 3 is 2.43 bits per heavy atom. The third-order valence-corrected chi connectivity index (χ3v) is 5.58. The Balaban J connectivity index is 2.11. The summed E-state index contributed by atoms with van der Waals surface area (Å²) in [5, 5.41) is 0. The average molecular weight is 398 g/mol. The number of unbranched alkanes of at least 4 members (excludes halogenated alkanes) is 1. The molecule has 0 fully saturated rings. The fourth-order valence-corrected chi connectivity index (χ4v) is 3.35. The fraction of sp³-hybridized carbons (Fsp3) is 0.294. The molecule has 6 heteroatoms. The van der Waals surface area contributed by atoms with Gasteiger partial charge in [0.1, 0.15) is 5.75 Å². The Morgan fingerprint density at radius 2 is 1.83 bits per heavy atom. The van der Waals surface area contributed by atoms with Crippen molar-refractivity contribution in [2.75, 3.05) is 11.3 Å². The van der Waals surface area contributed by atoms with Crippen molar-refractivity contribution in [3.63, 3.8) is 0 Å². The summed E-state index contributed by atoms with van der Waals surface area (Å²) in [6.45, 7) is 4.67. The van der Waals surface area contributed by atoms with Gasteiger partial charge in [-0.2, -0.15) is 0 Å². The van der Waals surface area contributed by atoms with Gasteiger partial charge in [0.05, 0.1) is 11.5 Å². The summed E-state index contributed by atoms with van der Waals surface area (Å²) in [4.78, 5) is 0.206. The molecule has 0 unspecified atom stereocenters. The van der Waals surface area contributed by atoms with Crippen molar-refractivity contribution in [2.24, 2.45) is 0 Å². The minimum atomic E-state index is -3.61. The molecular weight excluding hydrogens is 378 g/mol. The lowest BCUT2D eigenvalue weighted by Gasteiger charge is -2.10. The SMILES string of the molecule is CCCCOc1ccc(S(=O)(=O)Nc2ccc(C)c(Br)c2)cc1. The molecule has 0 atom stereocenters. The Kier molecular flexibility index (Phi) is 6.07. The van der Waals surface area contributed by atoms with Gasteiger partial charge < -0.3 is 4.74 Å². The van der Waals surface area contributed by atoms with E-state index < -0.39 is 10.0 Å². The molecule has 2 aromatic rings. The number of benzene rings is 2. The fourth-order valence-electron chi connectivity index (χ4n) is 1.92. The number of hydrogen-bond acceptors (Lipinski definition) is 3. The molecule has 0 aromatic heterocycles. The van der Waals surface area contributed by atoms with Crippen LogP contribution in [0.15, 0.2) is 51.8 Å². The van der Waals surface area contributed by atoms with Gasteiger partial charge in [0.25, 0.3) is 10.0 Å². The Hall–Kier alpha value is -1.53. The first-order valence-corrected chi connectivity index (χ1v) is 9.72. The van der Waals surface area contributed by atoms with E-state index in [2.05, 4.69) is 27.6 Å². The Labute approximate surface area is 146 Å². The number of anilines is 1. The maximum atomic E-state index is 12.4. The molecule has 0 radical (unpaired) electrons. The molecule has 0 aliphatic heterocycles. The average Bonchev–Trinajstić information content (AvgIpc) is 2.51. The van der Waals surface area contributed by atoms with Crippen LogP contribution in [0.3, 0.4) is 0 Å². The number of ether oxygens (including phenoxy) is 1. The second kappa shape index (κ2) is 7.84. The molecular formula is C17H20BrNO3S. The number of hydrogen-bond donors (Lipinski definition) is 1. The summed E-state index contributed by atoms with van der Waals surface area (Å²) in [7, 11) is -3.61.